The molecule has 1 aliphatic rings. The lowest BCUT2D eigenvalue weighted by molar-refractivity contribution is 0.168. The summed E-state index contributed by atoms with van der Waals surface area (Å²) >= 11 is 1.78. The molecule has 4 nitrogen and oxygen atoms in total. The van der Waals surface area contributed by atoms with E-state index in [9.17, 15) is 5.11 Å². The Morgan fingerprint density at radius 3 is 2.81 bits per heavy atom. The maximum Gasteiger partial charge on any atom is 0.231 e. The fourth-order valence-corrected chi connectivity index (χ4v) is 3.22. The van der Waals surface area contributed by atoms with Gasteiger partial charge in [-0.2, -0.15) is 0 Å². The van der Waals surface area contributed by atoms with E-state index in [1.54, 1.807) is 11.3 Å². The van der Waals surface area contributed by atoms with Gasteiger partial charge in [-0.1, -0.05) is 6.07 Å². The Bertz CT molecular complexity index is 626. The van der Waals surface area contributed by atoms with Crippen molar-refractivity contribution in [2.75, 3.05) is 13.3 Å². The minimum Gasteiger partial charge on any atom is -0.454 e. The number of aliphatic hydroxyl groups is 1. The van der Waals surface area contributed by atoms with Crippen LogP contribution >= 0.6 is 11.3 Å². The summed E-state index contributed by atoms with van der Waals surface area (Å²) in [5.74, 6) is 1.44. The molecule has 0 aliphatic carbocycles. The van der Waals surface area contributed by atoms with E-state index < -0.39 is 6.10 Å². The Balaban J connectivity index is 1.60. The first kappa shape index (κ1) is 14.4. The summed E-state index contributed by atoms with van der Waals surface area (Å²) in [5, 5.41) is 13.7. The van der Waals surface area contributed by atoms with E-state index in [1.165, 1.54) is 9.75 Å². The zero-order chi connectivity index (χ0) is 14.8. The summed E-state index contributed by atoms with van der Waals surface area (Å²) in [4.78, 5) is 2.58. The molecule has 112 valence electrons. The molecule has 1 aliphatic heterocycles. The van der Waals surface area contributed by atoms with Crippen molar-refractivity contribution in [3.05, 3.63) is 45.6 Å². The largest absolute Gasteiger partial charge is 0.454 e. The molecule has 2 heterocycles. The fraction of sp³-hybridized carbons (Fsp3) is 0.375. The summed E-state index contributed by atoms with van der Waals surface area (Å²) in [6.07, 6.45) is -0.567. The molecular weight excluding hydrogens is 286 g/mol. The molecule has 2 N–H and O–H groups in total. The number of ether oxygens (including phenoxy) is 2. The van der Waals surface area contributed by atoms with Crippen LogP contribution in [0.1, 0.15) is 34.4 Å². The number of thiophene rings is 1. The number of aryl methyl sites for hydroxylation is 1. The van der Waals surface area contributed by atoms with E-state index in [0.717, 1.165) is 11.3 Å². The Labute approximate surface area is 128 Å². The van der Waals surface area contributed by atoms with Crippen molar-refractivity contribution in [3.8, 4) is 11.5 Å². The molecule has 1 aromatic carbocycles. The SMILES string of the molecule is Cc1ccc(C(C)NCC(O)c2ccc3c(c2)OCO3)s1. The highest BCUT2D eigenvalue weighted by molar-refractivity contribution is 7.12. The van der Waals surface area contributed by atoms with Gasteiger partial charge in [0.25, 0.3) is 0 Å². The third-order valence-electron chi connectivity index (χ3n) is 3.59. The second-order valence-corrected chi connectivity index (χ2v) is 6.53. The van der Waals surface area contributed by atoms with Crippen LogP contribution in [0.25, 0.3) is 0 Å². The van der Waals surface area contributed by atoms with E-state index in [1.807, 2.05) is 18.2 Å². The van der Waals surface area contributed by atoms with Crippen LogP contribution in [-0.4, -0.2) is 18.4 Å². The summed E-state index contributed by atoms with van der Waals surface area (Å²) in [7, 11) is 0. The first-order valence-corrected chi connectivity index (χ1v) is 7.82. The van der Waals surface area contributed by atoms with Gasteiger partial charge in [-0.3, -0.25) is 0 Å². The van der Waals surface area contributed by atoms with E-state index >= 15 is 0 Å². The van der Waals surface area contributed by atoms with Gasteiger partial charge in [0.1, 0.15) is 0 Å². The summed E-state index contributed by atoms with van der Waals surface area (Å²) in [6.45, 7) is 4.96. The average Bonchev–Trinajstić information content (AvgIpc) is 3.12. The molecule has 0 fully saturated rings. The van der Waals surface area contributed by atoms with Gasteiger partial charge < -0.3 is 19.9 Å². The van der Waals surface area contributed by atoms with Gasteiger partial charge in [0, 0.05) is 22.3 Å². The molecule has 1 aromatic heterocycles. The standard InChI is InChI=1S/C16H19NO3S/c1-10-3-6-16(21-10)11(2)17-8-13(18)12-4-5-14-15(7-12)20-9-19-14/h3-7,11,13,17-18H,8-9H2,1-2H3. The number of nitrogens with one attached hydrogen (secondary N) is 1. The maximum atomic E-state index is 10.3. The first-order chi connectivity index (χ1) is 10.1. The molecule has 0 spiro atoms. The van der Waals surface area contributed by atoms with Crippen LogP contribution in [0.15, 0.2) is 30.3 Å². The molecule has 0 saturated heterocycles. The van der Waals surface area contributed by atoms with Crippen LogP contribution in [-0.2, 0) is 0 Å². The Morgan fingerprint density at radius 2 is 2.05 bits per heavy atom. The van der Waals surface area contributed by atoms with E-state index in [0.29, 0.717) is 12.3 Å². The number of rotatable bonds is 5. The molecule has 2 aromatic rings. The second-order valence-electron chi connectivity index (χ2n) is 5.21. The molecule has 0 radical (unpaired) electrons. The second kappa shape index (κ2) is 6.05. The lowest BCUT2D eigenvalue weighted by Crippen LogP contribution is -2.24. The molecule has 2 unspecified atom stereocenters. The van der Waals surface area contributed by atoms with E-state index in [-0.39, 0.29) is 12.8 Å². The normalized spacial score (nSPS) is 16.0. The summed E-state index contributed by atoms with van der Waals surface area (Å²) < 4.78 is 10.6. The third kappa shape index (κ3) is 3.20. The number of benzene rings is 1. The van der Waals surface area contributed by atoms with Gasteiger partial charge in [-0.15, -0.1) is 11.3 Å². The van der Waals surface area contributed by atoms with Crippen LogP contribution in [0, 0.1) is 6.92 Å². The molecule has 0 saturated carbocycles. The van der Waals surface area contributed by atoms with Crippen LogP contribution < -0.4 is 14.8 Å². The van der Waals surface area contributed by atoms with E-state index in [4.69, 9.17) is 9.47 Å². The van der Waals surface area contributed by atoms with Gasteiger partial charge in [0.05, 0.1) is 6.10 Å². The van der Waals surface area contributed by atoms with Crippen molar-refractivity contribution >= 4 is 11.3 Å². The lowest BCUT2D eigenvalue weighted by atomic mass is 10.1. The van der Waals surface area contributed by atoms with Gasteiger partial charge in [0.15, 0.2) is 11.5 Å². The summed E-state index contributed by atoms with van der Waals surface area (Å²) in [5.41, 5.74) is 0.835. The van der Waals surface area contributed by atoms with Crippen LogP contribution in [0.3, 0.4) is 0 Å². The van der Waals surface area contributed by atoms with Crippen molar-refractivity contribution in [1.82, 2.24) is 5.32 Å². The quantitative estimate of drug-likeness (QED) is 0.891. The van der Waals surface area contributed by atoms with Crippen molar-refractivity contribution in [3.63, 3.8) is 0 Å². The van der Waals surface area contributed by atoms with Gasteiger partial charge >= 0.3 is 0 Å². The monoisotopic (exact) mass is 305 g/mol. The Hall–Kier alpha value is -1.56. The zero-order valence-electron chi connectivity index (χ0n) is 12.1. The van der Waals surface area contributed by atoms with E-state index in [2.05, 4.69) is 31.3 Å². The average molecular weight is 305 g/mol. The van der Waals surface area contributed by atoms with Crippen LogP contribution in [0.5, 0.6) is 11.5 Å². The molecule has 21 heavy (non-hydrogen) atoms. The van der Waals surface area contributed by atoms with Crippen molar-refractivity contribution in [2.45, 2.75) is 26.0 Å². The molecule has 5 heteroatoms. The highest BCUT2D eigenvalue weighted by Gasteiger charge is 2.17. The van der Waals surface area contributed by atoms with Gasteiger partial charge in [-0.05, 0) is 43.7 Å². The predicted molar refractivity (Wildman–Crippen MR) is 83.0 cm³/mol. The molecule has 2 atom stereocenters. The number of fused-ring (bicyclic) bond motifs is 1. The van der Waals surface area contributed by atoms with Gasteiger partial charge in [0.2, 0.25) is 6.79 Å². The maximum absolute atomic E-state index is 10.3. The van der Waals surface area contributed by atoms with Gasteiger partial charge in [-0.25, -0.2) is 0 Å². The third-order valence-corrected chi connectivity index (χ3v) is 4.77. The number of aliphatic hydroxyl groups excluding tert-OH is 1. The molecule has 0 bridgehead atoms. The number of hydrogen-bond acceptors (Lipinski definition) is 5. The van der Waals surface area contributed by atoms with Crippen LogP contribution in [0.2, 0.25) is 0 Å². The minimum atomic E-state index is -0.567. The fourth-order valence-electron chi connectivity index (χ4n) is 2.31. The van der Waals surface area contributed by atoms with Crippen molar-refractivity contribution in [2.24, 2.45) is 0 Å². The molecule has 0 amide bonds. The van der Waals surface area contributed by atoms with Crippen molar-refractivity contribution in [1.29, 1.82) is 0 Å². The minimum absolute atomic E-state index is 0.229. The zero-order valence-corrected chi connectivity index (χ0v) is 12.9. The molecule has 3 rings (SSSR count). The summed E-state index contributed by atoms with van der Waals surface area (Å²) in [6, 6.07) is 10.0. The van der Waals surface area contributed by atoms with Crippen LogP contribution in [0.4, 0.5) is 0 Å². The molecular formula is C16H19NO3S. The highest BCUT2D eigenvalue weighted by atomic mass is 32.1. The Morgan fingerprint density at radius 1 is 1.24 bits per heavy atom. The smallest absolute Gasteiger partial charge is 0.231 e. The first-order valence-electron chi connectivity index (χ1n) is 7.01. The highest BCUT2D eigenvalue weighted by Crippen LogP contribution is 2.34. The van der Waals surface area contributed by atoms with Crippen molar-refractivity contribution < 1.29 is 14.6 Å². The Kier molecular flexibility index (Phi) is 4.14. The predicted octanol–water partition coefficient (Wildman–Crippen LogP) is 3.17. The number of hydrogen-bond donors (Lipinski definition) is 2. The lowest BCUT2D eigenvalue weighted by Gasteiger charge is -2.16. The topological polar surface area (TPSA) is 50.7 Å².